The lowest BCUT2D eigenvalue weighted by Gasteiger charge is -2.11. The van der Waals surface area contributed by atoms with Gasteiger partial charge in [0.25, 0.3) is 0 Å². The van der Waals surface area contributed by atoms with E-state index in [1.807, 2.05) is 0 Å². The smallest absolute Gasteiger partial charge is 0.230 e. The van der Waals surface area contributed by atoms with Crippen LogP contribution < -0.4 is 14.2 Å². The zero-order chi connectivity index (χ0) is 15.0. The molecule has 1 heterocycles. The van der Waals surface area contributed by atoms with Gasteiger partial charge in [-0.15, -0.1) is 0 Å². The van der Waals surface area contributed by atoms with Crippen molar-refractivity contribution in [2.45, 2.75) is 18.9 Å². The van der Waals surface area contributed by atoms with Crippen LogP contribution in [0.5, 0.6) is 5.75 Å². The van der Waals surface area contributed by atoms with Gasteiger partial charge in [0.2, 0.25) is 20.0 Å². The van der Waals surface area contributed by atoms with Crippen LogP contribution in [0.1, 0.15) is 12.8 Å². The molecule has 0 spiro atoms. The van der Waals surface area contributed by atoms with E-state index in [1.54, 1.807) is 0 Å². The Morgan fingerprint density at radius 1 is 1.05 bits per heavy atom. The third kappa shape index (κ3) is 5.21. The zero-order valence-electron chi connectivity index (χ0n) is 11.0. The third-order valence-electron chi connectivity index (χ3n) is 2.21. The maximum Gasteiger partial charge on any atom is 0.230 e. The summed E-state index contributed by atoms with van der Waals surface area (Å²) in [6.45, 7) is 0. The van der Waals surface area contributed by atoms with Crippen molar-refractivity contribution < 1.29 is 21.6 Å². The fourth-order valence-electron chi connectivity index (χ4n) is 1.44. The van der Waals surface area contributed by atoms with Gasteiger partial charge in [0, 0.05) is 12.1 Å². The number of nitrogens with one attached hydrogen (secondary N) is 2. The van der Waals surface area contributed by atoms with E-state index in [4.69, 9.17) is 4.74 Å². The molecule has 0 unspecified atom stereocenters. The predicted octanol–water partition coefficient (Wildman–Crippen LogP) is 0.366. The molecule has 1 aromatic heterocycles. The highest BCUT2D eigenvalue weighted by Gasteiger charge is 2.24. The van der Waals surface area contributed by atoms with Gasteiger partial charge in [-0.25, -0.2) is 21.8 Å². The van der Waals surface area contributed by atoms with E-state index in [-0.39, 0.29) is 17.7 Å². The number of nitrogens with zero attached hydrogens (tertiary/aromatic N) is 1. The van der Waals surface area contributed by atoms with Gasteiger partial charge in [0.15, 0.2) is 0 Å². The Kier molecular flexibility index (Phi) is 3.78. The first-order chi connectivity index (χ1) is 9.11. The Bertz CT molecular complexity index is 658. The van der Waals surface area contributed by atoms with Gasteiger partial charge in [-0.2, -0.15) is 0 Å². The van der Waals surface area contributed by atoms with E-state index in [2.05, 4.69) is 14.4 Å². The predicted molar refractivity (Wildman–Crippen MR) is 74.8 cm³/mol. The number of hydrogen-bond acceptors (Lipinski definition) is 6. The highest BCUT2D eigenvalue weighted by molar-refractivity contribution is 7.92. The summed E-state index contributed by atoms with van der Waals surface area (Å²) in [5.41, 5.74) is 0. The maximum absolute atomic E-state index is 11.2. The first kappa shape index (κ1) is 14.9. The van der Waals surface area contributed by atoms with Crippen molar-refractivity contribution in [2.75, 3.05) is 22.0 Å². The molecule has 0 aliphatic heterocycles. The Morgan fingerprint density at radius 2 is 1.50 bits per heavy atom. The molecule has 0 saturated heterocycles. The molecule has 8 nitrogen and oxygen atoms in total. The maximum atomic E-state index is 11.2. The molecule has 0 atom stereocenters. The van der Waals surface area contributed by atoms with Gasteiger partial charge in [-0.3, -0.25) is 9.44 Å². The van der Waals surface area contributed by atoms with E-state index in [1.165, 1.54) is 12.1 Å². The van der Waals surface area contributed by atoms with Crippen LogP contribution in [0.2, 0.25) is 0 Å². The zero-order valence-corrected chi connectivity index (χ0v) is 12.6. The molecule has 0 bridgehead atoms. The Balaban J connectivity index is 2.32. The second kappa shape index (κ2) is 5.09. The molecular weight excluding hydrogens is 306 g/mol. The van der Waals surface area contributed by atoms with Crippen molar-refractivity contribution in [2.24, 2.45) is 0 Å². The number of pyridine rings is 1. The van der Waals surface area contributed by atoms with Crippen LogP contribution in [0.4, 0.5) is 11.6 Å². The topological polar surface area (TPSA) is 114 Å². The fraction of sp³-hybridized carbons (Fsp3) is 0.500. The average Bonchev–Trinajstić information content (AvgIpc) is 2.94. The number of anilines is 2. The summed E-state index contributed by atoms with van der Waals surface area (Å²) in [5, 5.41) is 0. The van der Waals surface area contributed by atoms with Gasteiger partial charge in [0.1, 0.15) is 17.4 Å². The number of ether oxygens (including phenoxy) is 1. The van der Waals surface area contributed by atoms with E-state index in [0.29, 0.717) is 5.75 Å². The minimum atomic E-state index is -3.51. The van der Waals surface area contributed by atoms with Crippen molar-refractivity contribution in [1.29, 1.82) is 0 Å². The highest BCUT2D eigenvalue weighted by atomic mass is 32.2. The summed E-state index contributed by atoms with van der Waals surface area (Å²) in [7, 11) is -7.03. The number of rotatable bonds is 6. The molecule has 0 radical (unpaired) electrons. The molecule has 1 aliphatic carbocycles. The van der Waals surface area contributed by atoms with Crippen LogP contribution >= 0.6 is 0 Å². The SMILES string of the molecule is CS(=O)(=O)Nc1cc(OC2CC2)cc(NS(C)(=O)=O)n1. The monoisotopic (exact) mass is 321 g/mol. The normalized spacial score (nSPS) is 15.7. The summed E-state index contributed by atoms with van der Waals surface area (Å²) < 4.78 is 54.8. The Labute approximate surface area is 117 Å². The van der Waals surface area contributed by atoms with E-state index < -0.39 is 20.0 Å². The van der Waals surface area contributed by atoms with Crippen LogP contribution in [0.3, 0.4) is 0 Å². The van der Waals surface area contributed by atoms with Crippen molar-refractivity contribution in [3.05, 3.63) is 12.1 Å². The molecule has 0 aromatic carbocycles. The number of aromatic nitrogens is 1. The van der Waals surface area contributed by atoms with Crippen molar-refractivity contribution in [3.63, 3.8) is 0 Å². The minimum Gasteiger partial charge on any atom is -0.490 e. The lowest BCUT2D eigenvalue weighted by Crippen LogP contribution is -2.14. The quantitative estimate of drug-likeness (QED) is 0.782. The standard InChI is InChI=1S/C10H15N3O5S2/c1-19(14,15)12-9-5-8(18-7-3-4-7)6-10(11-9)13-20(2,16)17/h5-7H,3-4H2,1-2H3,(H2,11,12,13). The van der Waals surface area contributed by atoms with Crippen molar-refractivity contribution in [1.82, 2.24) is 4.98 Å². The Morgan fingerprint density at radius 3 is 1.85 bits per heavy atom. The summed E-state index contributed by atoms with van der Waals surface area (Å²) in [6.07, 6.45) is 3.90. The number of hydrogen-bond donors (Lipinski definition) is 2. The average molecular weight is 321 g/mol. The molecule has 0 amide bonds. The van der Waals surface area contributed by atoms with Crippen LogP contribution in [-0.2, 0) is 20.0 Å². The molecule has 1 saturated carbocycles. The molecule has 1 fully saturated rings. The van der Waals surface area contributed by atoms with Crippen LogP contribution in [0.25, 0.3) is 0 Å². The van der Waals surface area contributed by atoms with Gasteiger partial charge in [-0.05, 0) is 12.8 Å². The van der Waals surface area contributed by atoms with E-state index in [9.17, 15) is 16.8 Å². The molecule has 20 heavy (non-hydrogen) atoms. The van der Waals surface area contributed by atoms with Gasteiger partial charge < -0.3 is 4.74 Å². The second-order valence-electron chi connectivity index (χ2n) is 4.64. The molecule has 2 N–H and O–H groups in total. The largest absolute Gasteiger partial charge is 0.490 e. The number of sulfonamides is 2. The van der Waals surface area contributed by atoms with Gasteiger partial charge in [-0.1, -0.05) is 0 Å². The molecule has 112 valence electrons. The molecule has 10 heteroatoms. The highest BCUT2D eigenvalue weighted by Crippen LogP contribution is 2.29. The molecular formula is C10H15N3O5S2. The first-order valence-electron chi connectivity index (χ1n) is 5.75. The summed E-state index contributed by atoms with van der Waals surface area (Å²) >= 11 is 0. The molecule has 1 aliphatic rings. The van der Waals surface area contributed by atoms with E-state index >= 15 is 0 Å². The van der Waals surface area contributed by atoms with Crippen LogP contribution in [0, 0.1) is 0 Å². The minimum absolute atomic E-state index is 0.00296. The molecule has 2 rings (SSSR count). The van der Waals surface area contributed by atoms with Gasteiger partial charge in [0.05, 0.1) is 18.6 Å². The second-order valence-corrected chi connectivity index (χ2v) is 8.14. The summed E-state index contributed by atoms with van der Waals surface area (Å²) in [4.78, 5) is 3.87. The molecule has 1 aromatic rings. The lowest BCUT2D eigenvalue weighted by atomic mass is 10.4. The Hall–Kier alpha value is -1.55. The fourth-order valence-corrected chi connectivity index (χ4v) is 2.41. The first-order valence-corrected chi connectivity index (χ1v) is 9.53. The van der Waals surface area contributed by atoms with Crippen LogP contribution in [0.15, 0.2) is 12.1 Å². The van der Waals surface area contributed by atoms with Crippen molar-refractivity contribution in [3.8, 4) is 5.75 Å². The van der Waals surface area contributed by atoms with E-state index in [0.717, 1.165) is 25.4 Å². The van der Waals surface area contributed by atoms with Crippen molar-refractivity contribution >= 4 is 31.7 Å². The lowest BCUT2D eigenvalue weighted by molar-refractivity contribution is 0.303. The van der Waals surface area contributed by atoms with Gasteiger partial charge >= 0.3 is 0 Å². The summed E-state index contributed by atoms with van der Waals surface area (Å²) in [5.74, 6) is 0.355. The third-order valence-corrected chi connectivity index (χ3v) is 3.37. The van der Waals surface area contributed by atoms with Crippen LogP contribution in [-0.4, -0.2) is 40.4 Å². The summed E-state index contributed by atoms with van der Waals surface area (Å²) in [6, 6.07) is 2.82.